The highest BCUT2D eigenvalue weighted by Gasteiger charge is 2.37. The summed E-state index contributed by atoms with van der Waals surface area (Å²) in [5.74, 6) is 0.00659. The van der Waals surface area contributed by atoms with Crippen molar-refractivity contribution in [1.29, 1.82) is 0 Å². The fourth-order valence-electron chi connectivity index (χ4n) is 3.40. The highest BCUT2D eigenvalue weighted by Crippen LogP contribution is 2.38. The number of hydrazone groups is 1. The summed E-state index contributed by atoms with van der Waals surface area (Å²) in [4.78, 5) is 15.0. The number of benzene rings is 1. The maximum absolute atomic E-state index is 13.1. The van der Waals surface area contributed by atoms with Crippen LogP contribution < -0.4 is 5.32 Å². The van der Waals surface area contributed by atoms with Crippen LogP contribution in [0, 0.1) is 0 Å². The summed E-state index contributed by atoms with van der Waals surface area (Å²) in [7, 11) is 0. The summed E-state index contributed by atoms with van der Waals surface area (Å²) in [5, 5.41) is 11.8. The predicted molar refractivity (Wildman–Crippen MR) is 97.3 cm³/mol. The first-order valence-electron chi connectivity index (χ1n) is 8.22. The number of halogens is 1. The van der Waals surface area contributed by atoms with E-state index in [9.17, 15) is 4.79 Å². The van der Waals surface area contributed by atoms with Crippen LogP contribution in [0.25, 0.3) is 0 Å². The minimum atomic E-state index is 0.00659. The van der Waals surface area contributed by atoms with Gasteiger partial charge in [0.2, 0.25) is 0 Å². The van der Waals surface area contributed by atoms with Crippen LogP contribution in [0.4, 0.5) is 0 Å². The number of nitrogens with zero attached hydrogens (tertiary/aromatic N) is 3. The smallest absolute Gasteiger partial charge is 0.281 e. The van der Waals surface area contributed by atoms with Crippen LogP contribution in [0.3, 0.4) is 0 Å². The van der Waals surface area contributed by atoms with Gasteiger partial charge in [-0.3, -0.25) is 4.79 Å². The molecule has 5 nitrogen and oxygen atoms in total. The molecule has 126 valence electrons. The second-order valence-corrected chi connectivity index (χ2v) is 7.62. The minimum Gasteiger partial charge on any atom is -0.368 e. The molecule has 0 radical (unpaired) electrons. The molecule has 3 aliphatic heterocycles. The van der Waals surface area contributed by atoms with Crippen LogP contribution in [0.15, 0.2) is 40.6 Å². The molecule has 1 amide bonds. The number of likely N-dealkylation sites (tertiary alicyclic amines) is 1. The lowest BCUT2D eigenvalue weighted by molar-refractivity contribution is -0.127. The zero-order valence-corrected chi connectivity index (χ0v) is 15.0. The highest BCUT2D eigenvalue weighted by molar-refractivity contribution is 8.19. The van der Waals surface area contributed by atoms with E-state index in [1.807, 2.05) is 47.3 Å². The molecular formula is C17H19ClN4OS. The highest BCUT2D eigenvalue weighted by atomic mass is 35.5. The van der Waals surface area contributed by atoms with Gasteiger partial charge in [0.05, 0.1) is 6.04 Å². The molecular weight excluding hydrogens is 344 g/mol. The Labute approximate surface area is 150 Å². The third-order valence-corrected chi connectivity index (χ3v) is 5.96. The molecule has 0 aliphatic carbocycles. The predicted octanol–water partition coefficient (Wildman–Crippen LogP) is 3.50. The number of hydrogen-bond acceptors (Lipinski definition) is 5. The summed E-state index contributed by atoms with van der Waals surface area (Å²) in [6.07, 6.45) is 5.09. The number of carbonyl (C=O) groups is 1. The van der Waals surface area contributed by atoms with Gasteiger partial charge in [0, 0.05) is 17.8 Å². The lowest BCUT2D eigenvalue weighted by atomic mass is 9.95. The van der Waals surface area contributed by atoms with Crippen LogP contribution >= 0.6 is 23.4 Å². The quantitative estimate of drug-likeness (QED) is 0.874. The van der Waals surface area contributed by atoms with Gasteiger partial charge in [0.25, 0.3) is 5.91 Å². The van der Waals surface area contributed by atoms with E-state index in [1.165, 1.54) is 11.8 Å². The average molecular weight is 363 g/mol. The Balaban J connectivity index is 1.60. The van der Waals surface area contributed by atoms with Crippen molar-refractivity contribution >= 4 is 34.3 Å². The van der Waals surface area contributed by atoms with Crippen molar-refractivity contribution in [1.82, 2.24) is 15.2 Å². The second kappa shape index (κ2) is 6.33. The Bertz CT molecular complexity index is 735. The molecule has 7 heteroatoms. The Hall–Kier alpha value is -1.66. The Morgan fingerprint density at radius 1 is 1.38 bits per heavy atom. The van der Waals surface area contributed by atoms with Gasteiger partial charge in [0.15, 0.2) is 5.04 Å². The van der Waals surface area contributed by atoms with Crippen LogP contribution in [-0.4, -0.2) is 33.6 Å². The fourth-order valence-corrected chi connectivity index (χ4v) is 4.61. The van der Waals surface area contributed by atoms with Crippen molar-refractivity contribution in [3.05, 3.63) is 46.1 Å². The largest absolute Gasteiger partial charge is 0.368 e. The standard InChI is InChI=1S/C17H19ClN4OS/c1-11-19-10-15-22(11)20-16(24-15)17(23)21-9-5-4-8-14(21)12-6-2-3-7-13(12)18/h2-3,6-7,10-11,14,19H,4-5,8-9H2,1H3. The normalized spacial score (nSPS) is 25.9. The molecule has 0 spiro atoms. The molecule has 0 saturated carbocycles. The van der Waals surface area contributed by atoms with Crippen molar-refractivity contribution in [2.24, 2.45) is 5.10 Å². The first-order valence-corrected chi connectivity index (χ1v) is 9.42. The van der Waals surface area contributed by atoms with E-state index in [2.05, 4.69) is 10.4 Å². The van der Waals surface area contributed by atoms with E-state index in [1.54, 1.807) is 0 Å². The van der Waals surface area contributed by atoms with Gasteiger partial charge in [-0.15, -0.1) is 0 Å². The first kappa shape index (κ1) is 15.8. The number of amides is 1. The third-order valence-electron chi connectivity index (χ3n) is 4.65. The Morgan fingerprint density at radius 2 is 2.21 bits per heavy atom. The van der Waals surface area contributed by atoms with Gasteiger partial charge in [-0.1, -0.05) is 29.8 Å². The molecule has 0 bridgehead atoms. The Kier molecular flexibility index (Phi) is 4.18. The zero-order chi connectivity index (χ0) is 16.7. The zero-order valence-electron chi connectivity index (χ0n) is 13.4. The molecule has 1 aromatic rings. The maximum atomic E-state index is 13.1. The van der Waals surface area contributed by atoms with Gasteiger partial charge in [0.1, 0.15) is 11.2 Å². The molecule has 1 fully saturated rings. The lowest BCUT2D eigenvalue weighted by Crippen LogP contribution is -2.41. The van der Waals surface area contributed by atoms with Gasteiger partial charge in [-0.05, 0) is 49.6 Å². The summed E-state index contributed by atoms with van der Waals surface area (Å²) in [5.41, 5.74) is 1.03. The van der Waals surface area contributed by atoms with Crippen LogP contribution in [0.1, 0.15) is 37.8 Å². The van der Waals surface area contributed by atoms with Crippen molar-refractivity contribution in [2.45, 2.75) is 38.4 Å². The van der Waals surface area contributed by atoms with Gasteiger partial charge in [-0.25, -0.2) is 5.01 Å². The number of hydrogen-bond donors (Lipinski definition) is 1. The van der Waals surface area contributed by atoms with Crippen molar-refractivity contribution in [3.8, 4) is 0 Å². The lowest BCUT2D eigenvalue weighted by Gasteiger charge is -2.36. The van der Waals surface area contributed by atoms with Crippen LogP contribution in [0.5, 0.6) is 0 Å². The SMILES string of the molecule is CC1NC=C2SC(C(=O)N3CCCCC3c3ccccc3Cl)=NN21. The molecule has 3 heterocycles. The third kappa shape index (κ3) is 2.67. The maximum Gasteiger partial charge on any atom is 0.281 e. The number of nitrogens with one attached hydrogen (secondary N) is 1. The van der Waals surface area contributed by atoms with E-state index in [0.29, 0.717) is 5.04 Å². The number of fused-ring (bicyclic) bond motifs is 1. The van der Waals surface area contributed by atoms with Gasteiger partial charge >= 0.3 is 0 Å². The van der Waals surface area contributed by atoms with E-state index < -0.39 is 0 Å². The molecule has 1 aromatic carbocycles. The molecule has 24 heavy (non-hydrogen) atoms. The van der Waals surface area contributed by atoms with Gasteiger partial charge in [-0.2, -0.15) is 5.10 Å². The average Bonchev–Trinajstić information content (AvgIpc) is 3.17. The van der Waals surface area contributed by atoms with E-state index in [0.717, 1.165) is 41.4 Å². The van der Waals surface area contributed by atoms with Crippen molar-refractivity contribution in [2.75, 3.05) is 6.54 Å². The second-order valence-electron chi connectivity index (χ2n) is 6.21. The molecule has 1 saturated heterocycles. The summed E-state index contributed by atoms with van der Waals surface area (Å²) >= 11 is 7.82. The van der Waals surface area contributed by atoms with E-state index >= 15 is 0 Å². The van der Waals surface area contributed by atoms with Crippen LogP contribution in [-0.2, 0) is 4.79 Å². The summed E-state index contributed by atoms with van der Waals surface area (Å²) < 4.78 is 0. The summed E-state index contributed by atoms with van der Waals surface area (Å²) in [6.45, 7) is 2.77. The van der Waals surface area contributed by atoms with Crippen molar-refractivity contribution in [3.63, 3.8) is 0 Å². The molecule has 0 aromatic heterocycles. The fraction of sp³-hybridized carbons (Fsp3) is 0.412. The van der Waals surface area contributed by atoms with E-state index in [4.69, 9.17) is 11.6 Å². The van der Waals surface area contributed by atoms with Gasteiger partial charge < -0.3 is 10.2 Å². The molecule has 2 unspecified atom stereocenters. The first-order chi connectivity index (χ1) is 11.6. The minimum absolute atomic E-state index is 0.00659. The summed E-state index contributed by atoms with van der Waals surface area (Å²) in [6, 6.07) is 7.85. The molecule has 2 atom stereocenters. The number of carbonyl (C=O) groups excluding carboxylic acids is 1. The number of thioether (sulfide) groups is 1. The number of rotatable bonds is 2. The molecule has 3 aliphatic rings. The monoisotopic (exact) mass is 362 g/mol. The Morgan fingerprint density at radius 3 is 3.00 bits per heavy atom. The number of piperidine rings is 1. The molecule has 4 rings (SSSR count). The molecule has 1 N–H and O–H groups in total. The van der Waals surface area contributed by atoms with E-state index in [-0.39, 0.29) is 18.1 Å². The van der Waals surface area contributed by atoms with Crippen molar-refractivity contribution < 1.29 is 4.79 Å². The van der Waals surface area contributed by atoms with Crippen LogP contribution in [0.2, 0.25) is 5.02 Å². The topological polar surface area (TPSA) is 47.9 Å².